The number of aryl methyl sites for hydroxylation is 1. The van der Waals surface area contributed by atoms with E-state index in [1.54, 1.807) is 27.1 Å². The number of aromatic hydroxyl groups is 1. The molecule has 0 unspecified atom stereocenters. The van der Waals surface area contributed by atoms with Crippen molar-refractivity contribution in [2.45, 2.75) is 20.5 Å². The molecule has 0 atom stereocenters. The zero-order valence-electron chi connectivity index (χ0n) is 11.6. The number of nitrogens with one attached hydrogen (secondary N) is 1. The highest BCUT2D eigenvalue weighted by Gasteiger charge is 2.11. The Morgan fingerprint density at radius 2 is 2.05 bits per heavy atom. The lowest BCUT2D eigenvalue weighted by Crippen LogP contribution is -2.06. The fourth-order valence-corrected chi connectivity index (χ4v) is 1.73. The molecule has 2 aromatic heterocycles. The van der Waals surface area contributed by atoms with Gasteiger partial charge in [-0.3, -0.25) is 4.98 Å². The maximum absolute atomic E-state index is 9.87. The molecule has 0 saturated carbocycles. The SMILES string of the molecule is CNc1nc(N)ncc1OCc1ncc(C)c(O)c1C. The van der Waals surface area contributed by atoms with Gasteiger partial charge in [-0.05, 0) is 13.8 Å². The summed E-state index contributed by atoms with van der Waals surface area (Å²) in [5.74, 6) is 1.39. The minimum atomic E-state index is 0.170. The highest BCUT2D eigenvalue weighted by atomic mass is 16.5. The number of nitrogens with two attached hydrogens (primary N) is 1. The summed E-state index contributed by atoms with van der Waals surface area (Å²) in [4.78, 5) is 12.2. The first-order valence-corrected chi connectivity index (χ1v) is 6.10. The van der Waals surface area contributed by atoms with Crippen LogP contribution in [-0.2, 0) is 6.61 Å². The summed E-state index contributed by atoms with van der Waals surface area (Å²) in [7, 11) is 1.72. The topological polar surface area (TPSA) is 106 Å². The molecular weight excluding hydrogens is 258 g/mol. The fraction of sp³-hybridized carbons (Fsp3) is 0.308. The van der Waals surface area contributed by atoms with Crippen LogP contribution >= 0.6 is 0 Å². The van der Waals surface area contributed by atoms with Crippen molar-refractivity contribution in [1.82, 2.24) is 15.0 Å². The second kappa shape index (κ2) is 5.60. The third kappa shape index (κ3) is 2.71. The van der Waals surface area contributed by atoms with Gasteiger partial charge < -0.3 is 20.9 Å². The molecule has 0 spiro atoms. The van der Waals surface area contributed by atoms with Crippen molar-refractivity contribution in [2.75, 3.05) is 18.1 Å². The van der Waals surface area contributed by atoms with Crippen LogP contribution in [0.5, 0.6) is 11.5 Å². The number of ether oxygens (including phenoxy) is 1. The summed E-state index contributed by atoms with van der Waals surface area (Å²) in [5.41, 5.74) is 7.60. The minimum Gasteiger partial charge on any atom is -0.507 e. The van der Waals surface area contributed by atoms with Crippen molar-refractivity contribution in [3.05, 3.63) is 29.2 Å². The number of aromatic nitrogens is 3. The Morgan fingerprint density at radius 3 is 2.75 bits per heavy atom. The van der Waals surface area contributed by atoms with Gasteiger partial charge in [0.1, 0.15) is 12.4 Å². The lowest BCUT2D eigenvalue weighted by molar-refractivity contribution is 0.298. The predicted molar refractivity (Wildman–Crippen MR) is 75.7 cm³/mol. The standard InChI is InChI=1S/C13H17N5O2/c1-7-4-16-9(8(2)11(7)19)6-20-10-5-17-13(14)18-12(10)15-3/h4-5H,6H2,1-3H3,(H,16,19)(H3,14,15,17,18). The zero-order chi connectivity index (χ0) is 14.7. The van der Waals surface area contributed by atoms with Crippen molar-refractivity contribution >= 4 is 11.8 Å². The zero-order valence-corrected chi connectivity index (χ0v) is 11.6. The first-order valence-electron chi connectivity index (χ1n) is 6.10. The van der Waals surface area contributed by atoms with Crippen LogP contribution in [0, 0.1) is 13.8 Å². The van der Waals surface area contributed by atoms with Crippen LogP contribution in [0.25, 0.3) is 0 Å². The van der Waals surface area contributed by atoms with E-state index in [1.165, 1.54) is 6.20 Å². The molecule has 0 radical (unpaired) electrons. The van der Waals surface area contributed by atoms with E-state index in [-0.39, 0.29) is 18.3 Å². The molecule has 0 aromatic carbocycles. The van der Waals surface area contributed by atoms with Crippen molar-refractivity contribution in [3.8, 4) is 11.5 Å². The largest absolute Gasteiger partial charge is 0.507 e. The molecule has 2 heterocycles. The normalized spacial score (nSPS) is 10.3. The summed E-state index contributed by atoms with van der Waals surface area (Å²) < 4.78 is 5.63. The molecule has 7 heteroatoms. The van der Waals surface area contributed by atoms with Gasteiger partial charge in [-0.1, -0.05) is 0 Å². The molecule has 0 aliphatic carbocycles. The Morgan fingerprint density at radius 1 is 1.30 bits per heavy atom. The van der Waals surface area contributed by atoms with Gasteiger partial charge in [0.15, 0.2) is 11.6 Å². The summed E-state index contributed by atoms with van der Waals surface area (Å²) in [6, 6.07) is 0. The van der Waals surface area contributed by atoms with Crippen LogP contribution in [0.4, 0.5) is 11.8 Å². The smallest absolute Gasteiger partial charge is 0.222 e. The summed E-state index contributed by atoms with van der Waals surface area (Å²) >= 11 is 0. The monoisotopic (exact) mass is 275 g/mol. The Balaban J connectivity index is 2.19. The molecule has 0 bridgehead atoms. The predicted octanol–water partition coefficient (Wildman–Crippen LogP) is 1.40. The van der Waals surface area contributed by atoms with Gasteiger partial charge in [-0.25, -0.2) is 4.98 Å². The molecule has 0 fully saturated rings. The Hall–Kier alpha value is -2.57. The van der Waals surface area contributed by atoms with Crippen molar-refractivity contribution < 1.29 is 9.84 Å². The number of pyridine rings is 1. The van der Waals surface area contributed by atoms with Gasteiger partial charge in [0.25, 0.3) is 0 Å². The van der Waals surface area contributed by atoms with Gasteiger partial charge in [-0.2, -0.15) is 4.98 Å². The first-order chi connectivity index (χ1) is 9.52. The van der Waals surface area contributed by atoms with E-state index in [2.05, 4.69) is 20.3 Å². The number of hydrogen-bond donors (Lipinski definition) is 3. The second-order valence-electron chi connectivity index (χ2n) is 4.34. The van der Waals surface area contributed by atoms with E-state index < -0.39 is 0 Å². The number of anilines is 2. The van der Waals surface area contributed by atoms with E-state index in [0.717, 1.165) is 5.56 Å². The van der Waals surface area contributed by atoms with E-state index in [1.807, 2.05) is 0 Å². The molecular formula is C13H17N5O2. The van der Waals surface area contributed by atoms with E-state index in [0.29, 0.717) is 22.8 Å². The first kappa shape index (κ1) is 13.9. The van der Waals surface area contributed by atoms with Crippen molar-refractivity contribution in [1.29, 1.82) is 0 Å². The van der Waals surface area contributed by atoms with Crippen molar-refractivity contribution in [2.24, 2.45) is 0 Å². The lowest BCUT2D eigenvalue weighted by atomic mass is 10.1. The van der Waals surface area contributed by atoms with E-state index in [9.17, 15) is 5.11 Å². The molecule has 0 amide bonds. The van der Waals surface area contributed by atoms with Crippen molar-refractivity contribution in [3.63, 3.8) is 0 Å². The molecule has 2 rings (SSSR count). The summed E-state index contributed by atoms with van der Waals surface area (Å²) in [5, 5.41) is 12.8. The average molecular weight is 275 g/mol. The Kier molecular flexibility index (Phi) is 3.88. The minimum absolute atomic E-state index is 0.170. The van der Waals surface area contributed by atoms with Crippen LogP contribution in [-0.4, -0.2) is 27.1 Å². The summed E-state index contributed by atoms with van der Waals surface area (Å²) in [6.45, 7) is 3.81. The molecule has 0 aliphatic heterocycles. The molecule has 20 heavy (non-hydrogen) atoms. The van der Waals surface area contributed by atoms with Gasteiger partial charge in [0.2, 0.25) is 5.95 Å². The third-order valence-electron chi connectivity index (χ3n) is 2.95. The number of rotatable bonds is 4. The maximum Gasteiger partial charge on any atom is 0.222 e. The lowest BCUT2D eigenvalue weighted by Gasteiger charge is -2.12. The van der Waals surface area contributed by atoms with Crippen LogP contribution in [0.2, 0.25) is 0 Å². The van der Waals surface area contributed by atoms with Crippen LogP contribution < -0.4 is 15.8 Å². The van der Waals surface area contributed by atoms with Gasteiger partial charge in [0.05, 0.1) is 11.9 Å². The second-order valence-corrected chi connectivity index (χ2v) is 4.34. The number of nitrogen functional groups attached to an aromatic ring is 1. The molecule has 0 saturated heterocycles. The Bertz CT molecular complexity index is 630. The highest BCUT2D eigenvalue weighted by molar-refractivity contribution is 5.50. The van der Waals surface area contributed by atoms with E-state index >= 15 is 0 Å². The van der Waals surface area contributed by atoms with Crippen LogP contribution in [0.3, 0.4) is 0 Å². The fourth-order valence-electron chi connectivity index (χ4n) is 1.73. The van der Waals surface area contributed by atoms with E-state index in [4.69, 9.17) is 10.5 Å². The molecule has 4 N–H and O–H groups in total. The molecule has 106 valence electrons. The average Bonchev–Trinajstić information content (AvgIpc) is 2.45. The number of nitrogens with zero attached hydrogens (tertiary/aromatic N) is 3. The van der Waals surface area contributed by atoms with Gasteiger partial charge in [0, 0.05) is 24.4 Å². The molecule has 0 aliphatic rings. The third-order valence-corrected chi connectivity index (χ3v) is 2.95. The van der Waals surface area contributed by atoms with Crippen LogP contribution in [0.1, 0.15) is 16.8 Å². The highest BCUT2D eigenvalue weighted by Crippen LogP contribution is 2.25. The van der Waals surface area contributed by atoms with Crippen LogP contribution in [0.15, 0.2) is 12.4 Å². The molecule has 2 aromatic rings. The quantitative estimate of drug-likeness (QED) is 0.774. The summed E-state index contributed by atoms with van der Waals surface area (Å²) in [6.07, 6.45) is 3.11. The maximum atomic E-state index is 9.87. The Labute approximate surface area is 116 Å². The van der Waals surface area contributed by atoms with Gasteiger partial charge >= 0.3 is 0 Å². The number of hydrogen-bond acceptors (Lipinski definition) is 7. The molecule has 7 nitrogen and oxygen atoms in total. The van der Waals surface area contributed by atoms with Gasteiger partial charge in [-0.15, -0.1) is 0 Å².